The normalized spacial score (nSPS) is 10.5. The van der Waals surface area contributed by atoms with Gasteiger partial charge in [0.1, 0.15) is 0 Å². The average Bonchev–Trinajstić information content (AvgIpc) is 2.51. The van der Waals surface area contributed by atoms with Crippen molar-refractivity contribution in [2.24, 2.45) is 0 Å². The van der Waals surface area contributed by atoms with Gasteiger partial charge in [-0.15, -0.1) is 0 Å². The highest BCUT2D eigenvalue weighted by molar-refractivity contribution is 6.10. The van der Waals surface area contributed by atoms with Gasteiger partial charge in [0.25, 0.3) is 0 Å². The molecule has 0 fully saturated rings. The Kier molecular flexibility index (Phi) is 5.04. The second-order valence-electron chi connectivity index (χ2n) is 5.48. The maximum atomic E-state index is 12.5. The van der Waals surface area contributed by atoms with Gasteiger partial charge in [-0.25, -0.2) is 0 Å². The number of nitrogens with one attached hydrogen (secondary N) is 1. The first kappa shape index (κ1) is 15.9. The Morgan fingerprint density at radius 2 is 1.73 bits per heavy atom. The number of hydrogen-bond acceptors (Lipinski definition) is 4. The average molecular weight is 297 g/mol. The van der Waals surface area contributed by atoms with Crippen LogP contribution in [0, 0.1) is 6.92 Å². The summed E-state index contributed by atoms with van der Waals surface area (Å²) in [5, 5.41) is 3.28. The van der Waals surface area contributed by atoms with E-state index in [9.17, 15) is 4.79 Å². The van der Waals surface area contributed by atoms with Crippen LogP contribution in [-0.2, 0) is 0 Å². The molecule has 4 nitrogen and oxygen atoms in total. The summed E-state index contributed by atoms with van der Waals surface area (Å²) in [5.41, 5.74) is 16.1. The highest BCUT2D eigenvalue weighted by Crippen LogP contribution is 2.23. The number of carbonyl (C=O) groups is 1. The Morgan fingerprint density at radius 3 is 2.36 bits per heavy atom. The number of nitrogen functional groups attached to an aromatic ring is 2. The van der Waals surface area contributed by atoms with Crippen molar-refractivity contribution in [3.8, 4) is 0 Å². The smallest absolute Gasteiger partial charge is 0.193 e. The standard InChI is InChI=1S/C18H23N3O/c1-3-4-9-21-17-8-6-14(11-16(17)20)18(22)13-5-7-15(19)12(2)10-13/h5-8,10-11,21H,3-4,9,19-20H2,1-2H3. The maximum absolute atomic E-state index is 12.5. The van der Waals surface area contributed by atoms with Crippen LogP contribution in [0.3, 0.4) is 0 Å². The molecular weight excluding hydrogens is 274 g/mol. The van der Waals surface area contributed by atoms with E-state index >= 15 is 0 Å². The number of ketones is 1. The van der Waals surface area contributed by atoms with Gasteiger partial charge in [-0.3, -0.25) is 4.79 Å². The molecule has 0 amide bonds. The lowest BCUT2D eigenvalue weighted by Crippen LogP contribution is -2.07. The number of rotatable bonds is 6. The molecule has 2 rings (SSSR count). The van der Waals surface area contributed by atoms with Gasteiger partial charge < -0.3 is 16.8 Å². The van der Waals surface area contributed by atoms with E-state index in [-0.39, 0.29) is 5.78 Å². The number of benzene rings is 2. The molecule has 0 heterocycles. The molecule has 0 aromatic heterocycles. The van der Waals surface area contributed by atoms with E-state index in [1.54, 1.807) is 30.3 Å². The molecule has 0 unspecified atom stereocenters. The lowest BCUT2D eigenvalue weighted by atomic mass is 10.00. The van der Waals surface area contributed by atoms with E-state index in [0.717, 1.165) is 30.6 Å². The van der Waals surface area contributed by atoms with E-state index in [1.807, 2.05) is 13.0 Å². The first-order chi connectivity index (χ1) is 10.5. The van der Waals surface area contributed by atoms with Crippen molar-refractivity contribution in [2.45, 2.75) is 26.7 Å². The molecule has 2 aromatic rings. The van der Waals surface area contributed by atoms with Gasteiger partial charge in [-0.2, -0.15) is 0 Å². The molecule has 0 aliphatic carbocycles. The van der Waals surface area contributed by atoms with E-state index in [1.165, 1.54) is 0 Å². The van der Waals surface area contributed by atoms with Crippen molar-refractivity contribution in [1.82, 2.24) is 0 Å². The number of anilines is 3. The third kappa shape index (κ3) is 3.58. The molecule has 0 aliphatic rings. The zero-order valence-corrected chi connectivity index (χ0v) is 13.1. The Labute approximate surface area is 131 Å². The van der Waals surface area contributed by atoms with Crippen LogP contribution in [0.5, 0.6) is 0 Å². The van der Waals surface area contributed by atoms with Crippen molar-refractivity contribution in [3.63, 3.8) is 0 Å². The fraction of sp³-hybridized carbons (Fsp3) is 0.278. The predicted molar refractivity (Wildman–Crippen MR) is 93.3 cm³/mol. The highest BCUT2D eigenvalue weighted by atomic mass is 16.1. The number of nitrogens with two attached hydrogens (primary N) is 2. The Morgan fingerprint density at radius 1 is 1.05 bits per heavy atom. The fourth-order valence-electron chi connectivity index (χ4n) is 2.25. The minimum atomic E-state index is -0.0464. The zero-order chi connectivity index (χ0) is 16.1. The van der Waals surface area contributed by atoms with Gasteiger partial charge in [-0.05, 0) is 55.3 Å². The van der Waals surface area contributed by atoms with Crippen LogP contribution in [0.1, 0.15) is 41.3 Å². The minimum Gasteiger partial charge on any atom is -0.399 e. The van der Waals surface area contributed by atoms with Gasteiger partial charge in [0.05, 0.1) is 11.4 Å². The lowest BCUT2D eigenvalue weighted by molar-refractivity contribution is 0.103. The van der Waals surface area contributed by atoms with E-state index in [0.29, 0.717) is 22.5 Å². The number of aryl methyl sites for hydroxylation is 1. The first-order valence-corrected chi connectivity index (χ1v) is 7.57. The number of carbonyl (C=O) groups excluding carboxylic acids is 1. The molecule has 0 aliphatic heterocycles. The molecule has 22 heavy (non-hydrogen) atoms. The van der Waals surface area contributed by atoms with Gasteiger partial charge in [0.15, 0.2) is 5.78 Å². The van der Waals surface area contributed by atoms with Crippen molar-refractivity contribution >= 4 is 22.8 Å². The van der Waals surface area contributed by atoms with Gasteiger partial charge in [0.2, 0.25) is 0 Å². The summed E-state index contributed by atoms with van der Waals surface area (Å²) < 4.78 is 0. The SMILES string of the molecule is CCCCNc1ccc(C(=O)c2ccc(N)c(C)c2)cc1N. The molecule has 116 valence electrons. The molecule has 0 atom stereocenters. The Balaban J connectivity index is 2.19. The summed E-state index contributed by atoms with van der Waals surface area (Å²) in [4.78, 5) is 12.5. The molecule has 4 heteroatoms. The summed E-state index contributed by atoms with van der Waals surface area (Å²) in [6.45, 7) is 4.91. The van der Waals surface area contributed by atoms with Gasteiger partial charge in [0, 0.05) is 23.4 Å². The Hall–Kier alpha value is -2.49. The third-order valence-electron chi connectivity index (χ3n) is 3.69. The Bertz CT molecular complexity index is 680. The van der Waals surface area contributed by atoms with Crippen LogP contribution < -0.4 is 16.8 Å². The molecule has 0 spiro atoms. The largest absolute Gasteiger partial charge is 0.399 e. The minimum absolute atomic E-state index is 0.0464. The summed E-state index contributed by atoms with van der Waals surface area (Å²) in [6.07, 6.45) is 2.21. The quantitative estimate of drug-likeness (QED) is 0.432. The number of hydrogen-bond donors (Lipinski definition) is 3. The molecule has 5 N–H and O–H groups in total. The van der Waals surface area contributed by atoms with E-state index in [4.69, 9.17) is 11.5 Å². The summed E-state index contributed by atoms with van der Waals surface area (Å²) >= 11 is 0. The maximum Gasteiger partial charge on any atom is 0.193 e. The van der Waals surface area contributed by atoms with Crippen molar-refractivity contribution in [1.29, 1.82) is 0 Å². The second-order valence-corrected chi connectivity index (χ2v) is 5.48. The molecular formula is C18H23N3O. The summed E-state index contributed by atoms with van der Waals surface area (Å²) in [5.74, 6) is -0.0464. The second kappa shape index (κ2) is 6.98. The van der Waals surface area contributed by atoms with Gasteiger partial charge >= 0.3 is 0 Å². The van der Waals surface area contributed by atoms with Crippen molar-refractivity contribution < 1.29 is 4.79 Å². The summed E-state index contributed by atoms with van der Waals surface area (Å²) in [6, 6.07) is 10.7. The fourth-order valence-corrected chi connectivity index (χ4v) is 2.25. The molecule has 0 bridgehead atoms. The van der Waals surface area contributed by atoms with E-state index in [2.05, 4.69) is 12.2 Å². The van der Waals surface area contributed by atoms with Crippen LogP contribution in [-0.4, -0.2) is 12.3 Å². The lowest BCUT2D eigenvalue weighted by Gasteiger charge is -2.11. The molecule has 0 saturated carbocycles. The predicted octanol–water partition coefficient (Wildman–Crippen LogP) is 3.60. The van der Waals surface area contributed by atoms with Gasteiger partial charge in [-0.1, -0.05) is 13.3 Å². The zero-order valence-electron chi connectivity index (χ0n) is 13.1. The topological polar surface area (TPSA) is 81.1 Å². The summed E-state index contributed by atoms with van der Waals surface area (Å²) in [7, 11) is 0. The molecule has 0 radical (unpaired) electrons. The van der Waals surface area contributed by atoms with Crippen LogP contribution >= 0.6 is 0 Å². The molecule has 2 aromatic carbocycles. The van der Waals surface area contributed by atoms with Crippen LogP contribution in [0.4, 0.5) is 17.1 Å². The van der Waals surface area contributed by atoms with Crippen LogP contribution in [0.25, 0.3) is 0 Å². The van der Waals surface area contributed by atoms with Crippen molar-refractivity contribution in [3.05, 3.63) is 53.1 Å². The third-order valence-corrected chi connectivity index (χ3v) is 3.69. The van der Waals surface area contributed by atoms with Crippen LogP contribution in [0.15, 0.2) is 36.4 Å². The highest BCUT2D eigenvalue weighted by Gasteiger charge is 2.11. The van der Waals surface area contributed by atoms with Crippen molar-refractivity contribution in [2.75, 3.05) is 23.3 Å². The van der Waals surface area contributed by atoms with E-state index < -0.39 is 0 Å². The monoisotopic (exact) mass is 297 g/mol. The van der Waals surface area contributed by atoms with Crippen LogP contribution in [0.2, 0.25) is 0 Å². The first-order valence-electron chi connectivity index (χ1n) is 7.57. The molecule has 0 saturated heterocycles. The number of unbranched alkanes of at least 4 members (excludes halogenated alkanes) is 1.